The van der Waals surface area contributed by atoms with Gasteiger partial charge in [-0.15, -0.1) is 11.3 Å². The van der Waals surface area contributed by atoms with Crippen molar-refractivity contribution in [3.63, 3.8) is 0 Å². The quantitative estimate of drug-likeness (QED) is 0.629. The van der Waals surface area contributed by atoms with Gasteiger partial charge in [-0.2, -0.15) is 0 Å². The van der Waals surface area contributed by atoms with Crippen LogP contribution in [0.5, 0.6) is 0 Å². The molecule has 0 atom stereocenters. The lowest BCUT2D eigenvalue weighted by Gasteiger charge is -1.96. The smallest absolute Gasteiger partial charge is 0.316 e. The van der Waals surface area contributed by atoms with Crippen molar-refractivity contribution < 1.29 is 9.53 Å². The van der Waals surface area contributed by atoms with Gasteiger partial charge in [0.15, 0.2) is 4.34 Å². The summed E-state index contributed by atoms with van der Waals surface area (Å²) in [4.78, 5) is 15.5. The summed E-state index contributed by atoms with van der Waals surface area (Å²) in [7, 11) is 1.39. The zero-order valence-electron chi connectivity index (χ0n) is 9.25. The van der Waals surface area contributed by atoms with Gasteiger partial charge in [-0.3, -0.25) is 4.79 Å². The Hall–Kier alpha value is -1.33. The maximum Gasteiger partial charge on any atom is 0.316 e. The second-order valence-electron chi connectivity index (χ2n) is 3.23. The molecule has 0 bridgehead atoms. The summed E-state index contributed by atoms with van der Waals surface area (Å²) in [6, 6.07) is 9.97. The number of hydrogen-bond donors (Lipinski definition) is 0. The van der Waals surface area contributed by atoms with Crippen molar-refractivity contribution in [2.75, 3.05) is 12.9 Å². The highest BCUT2D eigenvalue weighted by Gasteiger charge is 2.07. The fraction of sp³-hybridized carbons (Fsp3) is 0.167. The minimum Gasteiger partial charge on any atom is -0.468 e. The molecule has 1 aromatic heterocycles. The fourth-order valence-electron chi connectivity index (χ4n) is 1.24. The van der Waals surface area contributed by atoms with Crippen LogP contribution in [-0.2, 0) is 9.53 Å². The van der Waals surface area contributed by atoms with E-state index in [1.54, 1.807) is 11.3 Å². The van der Waals surface area contributed by atoms with E-state index >= 15 is 0 Å². The third kappa shape index (κ3) is 3.31. The lowest BCUT2D eigenvalue weighted by Crippen LogP contribution is -2.02. The van der Waals surface area contributed by atoms with Crippen LogP contribution >= 0.6 is 23.1 Å². The van der Waals surface area contributed by atoms with E-state index < -0.39 is 0 Å². The van der Waals surface area contributed by atoms with Crippen molar-refractivity contribution in [3.8, 4) is 11.3 Å². The van der Waals surface area contributed by atoms with E-state index in [9.17, 15) is 4.79 Å². The molecule has 0 radical (unpaired) electrons. The third-order valence-electron chi connectivity index (χ3n) is 2.09. The van der Waals surface area contributed by atoms with Gasteiger partial charge in [0.25, 0.3) is 0 Å². The van der Waals surface area contributed by atoms with Crippen molar-refractivity contribution in [1.29, 1.82) is 0 Å². The molecule has 1 aromatic carbocycles. The van der Waals surface area contributed by atoms with E-state index in [2.05, 4.69) is 9.72 Å². The second kappa shape index (κ2) is 5.84. The van der Waals surface area contributed by atoms with E-state index in [0.717, 1.165) is 15.6 Å². The number of esters is 1. The summed E-state index contributed by atoms with van der Waals surface area (Å²) < 4.78 is 5.46. The lowest BCUT2D eigenvalue weighted by atomic mass is 10.2. The first-order valence-corrected chi connectivity index (χ1v) is 6.86. The molecule has 0 unspecified atom stereocenters. The van der Waals surface area contributed by atoms with Gasteiger partial charge in [0.05, 0.1) is 18.6 Å². The van der Waals surface area contributed by atoms with Crippen molar-refractivity contribution >= 4 is 29.1 Å². The zero-order valence-corrected chi connectivity index (χ0v) is 10.9. The molecule has 0 amide bonds. The van der Waals surface area contributed by atoms with Crippen LogP contribution in [0.3, 0.4) is 0 Å². The van der Waals surface area contributed by atoms with Crippen LogP contribution in [0.4, 0.5) is 0 Å². The number of methoxy groups -OCH3 is 1. The normalized spacial score (nSPS) is 10.2. The van der Waals surface area contributed by atoms with Crippen molar-refractivity contribution in [2.45, 2.75) is 4.34 Å². The number of thioether (sulfide) groups is 1. The molecular weight excluding hydrogens is 254 g/mol. The molecule has 2 rings (SSSR count). The number of nitrogens with zero attached hydrogens (tertiary/aromatic N) is 1. The Bertz CT molecular complexity index is 496. The summed E-state index contributed by atoms with van der Waals surface area (Å²) in [5.41, 5.74) is 2.04. The molecule has 5 heteroatoms. The minimum atomic E-state index is -0.230. The van der Waals surface area contributed by atoms with Gasteiger partial charge in [-0.25, -0.2) is 4.98 Å². The second-order valence-corrected chi connectivity index (χ2v) is 5.31. The lowest BCUT2D eigenvalue weighted by molar-refractivity contribution is -0.137. The molecule has 3 nitrogen and oxygen atoms in total. The van der Waals surface area contributed by atoms with Crippen LogP contribution in [0.2, 0.25) is 0 Å². The van der Waals surface area contributed by atoms with Crippen molar-refractivity contribution in [1.82, 2.24) is 4.98 Å². The summed E-state index contributed by atoms with van der Waals surface area (Å²) in [6.07, 6.45) is 0. The van der Waals surface area contributed by atoms with Gasteiger partial charge in [0, 0.05) is 10.9 Å². The van der Waals surface area contributed by atoms with Gasteiger partial charge < -0.3 is 4.74 Å². The molecule has 0 aliphatic rings. The van der Waals surface area contributed by atoms with Gasteiger partial charge in [0.2, 0.25) is 0 Å². The van der Waals surface area contributed by atoms with Crippen LogP contribution in [0.25, 0.3) is 11.3 Å². The molecule has 0 saturated heterocycles. The Morgan fingerprint density at radius 3 is 2.88 bits per heavy atom. The zero-order chi connectivity index (χ0) is 12.1. The molecule has 17 heavy (non-hydrogen) atoms. The topological polar surface area (TPSA) is 39.2 Å². The average Bonchev–Trinajstić information content (AvgIpc) is 2.86. The van der Waals surface area contributed by atoms with Gasteiger partial charge in [-0.05, 0) is 0 Å². The highest BCUT2D eigenvalue weighted by atomic mass is 32.2. The van der Waals surface area contributed by atoms with E-state index in [0.29, 0.717) is 5.75 Å². The first-order chi connectivity index (χ1) is 8.29. The molecule has 2 aromatic rings. The van der Waals surface area contributed by atoms with Gasteiger partial charge in [0.1, 0.15) is 0 Å². The van der Waals surface area contributed by atoms with Crippen LogP contribution < -0.4 is 0 Å². The van der Waals surface area contributed by atoms with Gasteiger partial charge in [-0.1, -0.05) is 42.1 Å². The van der Waals surface area contributed by atoms with Crippen molar-refractivity contribution in [3.05, 3.63) is 35.7 Å². The first kappa shape index (κ1) is 12.1. The largest absolute Gasteiger partial charge is 0.468 e. The maximum atomic E-state index is 11.0. The van der Waals surface area contributed by atoms with E-state index in [-0.39, 0.29) is 5.97 Å². The number of hydrogen-bond acceptors (Lipinski definition) is 5. The Morgan fingerprint density at radius 1 is 1.41 bits per heavy atom. The van der Waals surface area contributed by atoms with Crippen molar-refractivity contribution in [2.24, 2.45) is 0 Å². The standard InChI is InChI=1S/C12H11NO2S2/c1-15-11(14)8-17-12-13-10(7-16-12)9-5-3-2-4-6-9/h2-7H,8H2,1H3. The monoisotopic (exact) mass is 265 g/mol. The molecule has 0 spiro atoms. The molecule has 1 heterocycles. The Labute approximate surface area is 108 Å². The van der Waals surface area contributed by atoms with E-state index in [1.165, 1.54) is 18.9 Å². The fourth-order valence-corrected chi connectivity index (χ4v) is 2.91. The maximum absolute atomic E-state index is 11.0. The number of carbonyl (C=O) groups is 1. The van der Waals surface area contributed by atoms with Crippen LogP contribution in [0.15, 0.2) is 40.1 Å². The van der Waals surface area contributed by atoms with Crippen LogP contribution in [0.1, 0.15) is 0 Å². The summed E-state index contributed by atoms with van der Waals surface area (Å²) in [6.45, 7) is 0. The van der Waals surface area contributed by atoms with E-state index in [4.69, 9.17) is 0 Å². The summed E-state index contributed by atoms with van der Waals surface area (Å²) >= 11 is 2.94. The van der Waals surface area contributed by atoms with E-state index in [1.807, 2.05) is 35.7 Å². The van der Waals surface area contributed by atoms with Crippen LogP contribution in [-0.4, -0.2) is 23.8 Å². The Morgan fingerprint density at radius 2 is 2.18 bits per heavy atom. The highest BCUT2D eigenvalue weighted by Crippen LogP contribution is 2.27. The number of ether oxygens (including phenoxy) is 1. The molecule has 0 aliphatic carbocycles. The molecule has 0 saturated carbocycles. The number of rotatable bonds is 4. The van der Waals surface area contributed by atoms with Gasteiger partial charge >= 0.3 is 5.97 Å². The first-order valence-electron chi connectivity index (χ1n) is 5.00. The summed E-state index contributed by atoms with van der Waals surface area (Å²) in [5.74, 6) is 0.0737. The molecule has 0 fully saturated rings. The minimum absolute atomic E-state index is 0.230. The predicted octanol–water partition coefficient (Wildman–Crippen LogP) is 3.08. The van der Waals surface area contributed by atoms with Crippen LogP contribution in [0, 0.1) is 0 Å². The SMILES string of the molecule is COC(=O)CSc1nc(-c2ccccc2)cs1. The molecule has 0 N–H and O–H groups in total. The molecule has 0 aliphatic heterocycles. The summed E-state index contributed by atoms with van der Waals surface area (Å²) in [5, 5.41) is 1.99. The predicted molar refractivity (Wildman–Crippen MR) is 70.3 cm³/mol. The number of aromatic nitrogens is 1. The highest BCUT2D eigenvalue weighted by molar-refractivity contribution is 8.01. The molecular formula is C12H11NO2S2. The Kier molecular flexibility index (Phi) is 4.17. The Balaban J connectivity index is 2.04. The number of benzene rings is 1. The number of thiazole rings is 1. The molecule has 88 valence electrons. The number of carbonyl (C=O) groups excluding carboxylic acids is 1. The average molecular weight is 265 g/mol. The third-order valence-corrected chi connectivity index (χ3v) is 4.09.